The first-order chi connectivity index (χ1) is 9.72. The van der Waals surface area contributed by atoms with Gasteiger partial charge in [0.05, 0.1) is 28.6 Å². The van der Waals surface area contributed by atoms with Crippen molar-refractivity contribution in [3.8, 4) is 5.69 Å². The minimum Gasteiger partial charge on any atom is -0.378 e. The average Bonchev–Trinajstić information content (AvgIpc) is 3.08. The lowest BCUT2D eigenvalue weighted by molar-refractivity contribution is 0.627. The monoisotopic (exact) mass is 288 g/mol. The Labute approximate surface area is 119 Å². The van der Waals surface area contributed by atoms with Crippen LogP contribution in [0.15, 0.2) is 42.0 Å². The maximum absolute atomic E-state index is 13.4. The molecule has 0 aliphatic heterocycles. The van der Waals surface area contributed by atoms with Gasteiger partial charge in [-0.05, 0) is 31.2 Å². The van der Waals surface area contributed by atoms with Crippen LogP contribution in [0.4, 0.5) is 10.1 Å². The molecule has 0 bridgehead atoms. The van der Waals surface area contributed by atoms with E-state index in [2.05, 4.69) is 15.4 Å². The van der Waals surface area contributed by atoms with Gasteiger partial charge in [-0.25, -0.2) is 14.1 Å². The predicted molar refractivity (Wildman–Crippen MR) is 77.7 cm³/mol. The van der Waals surface area contributed by atoms with Gasteiger partial charge in [0.15, 0.2) is 0 Å². The van der Waals surface area contributed by atoms with Gasteiger partial charge in [0, 0.05) is 17.8 Å². The van der Waals surface area contributed by atoms with Crippen LogP contribution in [0.25, 0.3) is 5.69 Å². The number of aryl methyl sites for hydroxylation is 1. The van der Waals surface area contributed by atoms with Gasteiger partial charge >= 0.3 is 0 Å². The van der Waals surface area contributed by atoms with Gasteiger partial charge in [-0.1, -0.05) is 0 Å². The largest absolute Gasteiger partial charge is 0.378 e. The second-order valence-corrected chi connectivity index (χ2v) is 5.39. The number of hydrogen-bond acceptors (Lipinski definition) is 4. The van der Waals surface area contributed by atoms with Gasteiger partial charge in [-0.2, -0.15) is 5.10 Å². The highest BCUT2D eigenvalue weighted by Gasteiger charge is 2.07. The van der Waals surface area contributed by atoms with Crippen molar-refractivity contribution in [3.05, 3.63) is 58.6 Å². The minimum absolute atomic E-state index is 0.280. The quantitative estimate of drug-likeness (QED) is 0.800. The Bertz CT molecular complexity index is 706. The summed E-state index contributed by atoms with van der Waals surface area (Å²) in [5.74, 6) is -0.280. The summed E-state index contributed by atoms with van der Waals surface area (Å²) in [4.78, 5) is 4.38. The number of benzene rings is 1. The first-order valence-corrected chi connectivity index (χ1v) is 7.05. The maximum Gasteiger partial charge on any atom is 0.125 e. The summed E-state index contributed by atoms with van der Waals surface area (Å²) in [5.41, 5.74) is 2.45. The Balaban J connectivity index is 1.86. The van der Waals surface area contributed by atoms with E-state index in [1.807, 2.05) is 24.6 Å². The van der Waals surface area contributed by atoms with Gasteiger partial charge < -0.3 is 5.32 Å². The van der Waals surface area contributed by atoms with Crippen LogP contribution in [0.5, 0.6) is 0 Å². The summed E-state index contributed by atoms with van der Waals surface area (Å²) in [6.45, 7) is 2.52. The molecule has 3 aromatic rings. The summed E-state index contributed by atoms with van der Waals surface area (Å²) in [6.07, 6.45) is 3.52. The molecule has 2 aromatic heterocycles. The second kappa shape index (κ2) is 5.42. The fourth-order valence-corrected chi connectivity index (χ4v) is 2.55. The minimum atomic E-state index is -0.280. The van der Waals surface area contributed by atoms with Gasteiger partial charge in [0.25, 0.3) is 0 Å². The van der Waals surface area contributed by atoms with Crippen LogP contribution in [-0.2, 0) is 6.54 Å². The Morgan fingerprint density at radius 2 is 2.30 bits per heavy atom. The summed E-state index contributed by atoms with van der Waals surface area (Å²) < 4.78 is 15.1. The number of nitrogens with zero attached hydrogens (tertiary/aromatic N) is 3. The fraction of sp³-hybridized carbons (Fsp3) is 0.143. The molecule has 0 saturated carbocycles. The van der Waals surface area contributed by atoms with Crippen molar-refractivity contribution in [1.29, 1.82) is 0 Å². The average molecular weight is 288 g/mol. The molecule has 0 aliphatic carbocycles. The SMILES string of the molecule is Cc1nc(CNc2cc(F)ccc2-n2cccn2)cs1. The molecule has 0 amide bonds. The van der Waals surface area contributed by atoms with Crippen LogP contribution < -0.4 is 5.32 Å². The lowest BCUT2D eigenvalue weighted by Crippen LogP contribution is -2.05. The molecule has 0 saturated heterocycles. The lowest BCUT2D eigenvalue weighted by atomic mass is 10.2. The topological polar surface area (TPSA) is 42.7 Å². The number of anilines is 1. The third-order valence-electron chi connectivity index (χ3n) is 2.84. The molecule has 0 unspecified atom stereocenters. The summed E-state index contributed by atoms with van der Waals surface area (Å²) in [5, 5.41) is 10.4. The maximum atomic E-state index is 13.4. The Morgan fingerprint density at radius 3 is 3.00 bits per heavy atom. The van der Waals surface area contributed by atoms with Crippen molar-refractivity contribution in [1.82, 2.24) is 14.8 Å². The molecule has 1 aromatic carbocycles. The Morgan fingerprint density at radius 1 is 1.40 bits per heavy atom. The molecule has 0 aliphatic rings. The summed E-state index contributed by atoms with van der Waals surface area (Å²) >= 11 is 1.60. The third kappa shape index (κ3) is 2.70. The highest BCUT2D eigenvalue weighted by atomic mass is 32.1. The lowest BCUT2D eigenvalue weighted by Gasteiger charge is -2.11. The molecule has 0 radical (unpaired) electrons. The summed E-state index contributed by atoms with van der Waals surface area (Å²) in [6, 6.07) is 6.43. The van der Waals surface area contributed by atoms with Crippen molar-refractivity contribution in [2.45, 2.75) is 13.5 Å². The van der Waals surface area contributed by atoms with Gasteiger partial charge in [-0.15, -0.1) is 11.3 Å². The summed E-state index contributed by atoms with van der Waals surface area (Å²) in [7, 11) is 0. The van der Waals surface area contributed by atoms with Crippen molar-refractivity contribution < 1.29 is 4.39 Å². The molecule has 0 fully saturated rings. The highest BCUT2D eigenvalue weighted by Crippen LogP contribution is 2.22. The van der Waals surface area contributed by atoms with E-state index in [-0.39, 0.29) is 5.82 Å². The van der Waals surface area contributed by atoms with Gasteiger partial charge in [-0.3, -0.25) is 0 Å². The van der Waals surface area contributed by atoms with Crippen LogP contribution >= 0.6 is 11.3 Å². The zero-order valence-corrected chi connectivity index (χ0v) is 11.7. The fourth-order valence-electron chi connectivity index (χ4n) is 1.94. The number of rotatable bonds is 4. The van der Waals surface area contributed by atoms with E-state index >= 15 is 0 Å². The Kier molecular flexibility index (Phi) is 3.47. The number of nitrogens with one attached hydrogen (secondary N) is 1. The molecule has 3 rings (SSSR count). The molecule has 20 heavy (non-hydrogen) atoms. The standard InChI is InChI=1S/C14H13FN4S/c1-10-18-12(9-20-10)8-16-13-7-11(15)3-4-14(13)19-6-2-5-17-19/h2-7,9,16H,8H2,1H3. The molecular weight excluding hydrogens is 275 g/mol. The van der Waals surface area contributed by atoms with E-state index in [0.717, 1.165) is 16.4 Å². The zero-order chi connectivity index (χ0) is 13.9. The van der Waals surface area contributed by atoms with Crippen LogP contribution in [-0.4, -0.2) is 14.8 Å². The number of halogens is 1. The number of aromatic nitrogens is 3. The molecule has 0 spiro atoms. The van der Waals surface area contributed by atoms with E-state index in [9.17, 15) is 4.39 Å². The molecule has 6 heteroatoms. The van der Waals surface area contributed by atoms with Gasteiger partial charge in [0.2, 0.25) is 0 Å². The van der Waals surface area contributed by atoms with E-state index in [0.29, 0.717) is 12.2 Å². The molecule has 1 N–H and O–H groups in total. The normalized spacial score (nSPS) is 10.7. The number of thiazole rings is 1. The zero-order valence-electron chi connectivity index (χ0n) is 10.9. The van der Waals surface area contributed by atoms with Crippen molar-refractivity contribution >= 4 is 17.0 Å². The van der Waals surface area contributed by atoms with E-state index < -0.39 is 0 Å². The molecular formula is C14H13FN4S. The van der Waals surface area contributed by atoms with Crippen LogP contribution in [0, 0.1) is 12.7 Å². The second-order valence-electron chi connectivity index (χ2n) is 4.32. The van der Waals surface area contributed by atoms with Crippen LogP contribution in [0.1, 0.15) is 10.7 Å². The first-order valence-electron chi connectivity index (χ1n) is 6.17. The van der Waals surface area contributed by atoms with Crippen LogP contribution in [0.2, 0.25) is 0 Å². The van der Waals surface area contributed by atoms with E-state index in [1.165, 1.54) is 12.1 Å². The van der Waals surface area contributed by atoms with Crippen molar-refractivity contribution in [2.24, 2.45) is 0 Å². The van der Waals surface area contributed by atoms with Gasteiger partial charge in [0.1, 0.15) is 5.82 Å². The van der Waals surface area contributed by atoms with Crippen LogP contribution in [0.3, 0.4) is 0 Å². The first kappa shape index (κ1) is 12.8. The Hall–Kier alpha value is -2.21. The molecule has 102 valence electrons. The molecule has 2 heterocycles. The highest BCUT2D eigenvalue weighted by molar-refractivity contribution is 7.09. The molecule has 4 nitrogen and oxygen atoms in total. The number of hydrogen-bond donors (Lipinski definition) is 1. The van der Waals surface area contributed by atoms with E-state index in [4.69, 9.17) is 0 Å². The van der Waals surface area contributed by atoms with E-state index in [1.54, 1.807) is 28.3 Å². The smallest absolute Gasteiger partial charge is 0.125 e. The molecule has 0 atom stereocenters. The van der Waals surface area contributed by atoms with Crippen molar-refractivity contribution in [3.63, 3.8) is 0 Å². The third-order valence-corrected chi connectivity index (χ3v) is 3.66. The van der Waals surface area contributed by atoms with Crippen molar-refractivity contribution in [2.75, 3.05) is 5.32 Å². The predicted octanol–water partition coefficient (Wildman–Crippen LogP) is 3.39.